The van der Waals surface area contributed by atoms with Crippen LogP contribution in [0.1, 0.15) is 50.6 Å². The minimum absolute atomic E-state index is 0.507. The van der Waals surface area contributed by atoms with Crippen molar-refractivity contribution in [1.29, 1.82) is 0 Å². The van der Waals surface area contributed by atoms with Crippen LogP contribution in [0.15, 0.2) is 30.3 Å². The highest BCUT2D eigenvalue weighted by molar-refractivity contribution is 5.20. The van der Waals surface area contributed by atoms with Gasteiger partial charge in [-0.25, -0.2) is 0 Å². The number of nitrogens with zero attached hydrogens (tertiary/aromatic N) is 1. The third-order valence-corrected chi connectivity index (χ3v) is 5.21. The molecule has 0 bridgehead atoms. The largest absolute Gasteiger partial charge is 0.309 e. The summed E-state index contributed by atoms with van der Waals surface area (Å²) < 4.78 is 0. The maximum absolute atomic E-state index is 3.73. The van der Waals surface area contributed by atoms with E-state index in [9.17, 15) is 0 Å². The fourth-order valence-corrected chi connectivity index (χ4v) is 3.74. The molecule has 1 heterocycles. The highest BCUT2D eigenvalue weighted by Crippen LogP contribution is 2.41. The van der Waals surface area contributed by atoms with Crippen molar-refractivity contribution in [3.8, 4) is 0 Å². The highest BCUT2D eigenvalue weighted by atomic mass is 15.2. The standard InChI is InChI=1S/C17H26N2/c1-2-17(10-6-11-17)19-13-7-12-18-16(14-19)15-8-4-3-5-9-15/h3-5,8-9,16,18H,2,6-7,10-14H2,1H3. The van der Waals surface area contributed by atoms with Crippen LogP contribution in [0.25, 0.3) is 0 Å². The van der Waals surface area contributed by atoms with Crippen LogP contribution in [-0.2, 0) is 0 Å². The maximum atomic E-state index is 3.73. The van der Waals surface area contributed by atoms with Gasteiger partial charge in [0.2, 0.25) is 0 Å². The summed E-state index contributed by atoms with van der Waals surface area (Å²) in [4.78, 5) is 2.79. The summed E-state index contributed by atoms with van der Waals surface area (Å²) in [7, 11) is 0. The van der Waals surface area contributed by atoms with Crippen LogP contribution < -0.4 is 5.32 Å². The molecule has 19 heavy (non-hydrogen) atoms. The smallest absolute Gasteiger partial charge is 0.0449 e. The Morgan fingerprint density at radius 3 is 2.63 bits per heavy atom. The van der Waals surface area contributed by atoms with Crippen molar-refractivity contribution in [3.05, 3.63) is 35.9 Å². The molecule has 1 aromatic carbocycles. The molecule has 2 nitrogen and oxygen atoms in total. The van der Waals surface area contributed by atoms with Crippen molar-refractivity contribution < 1.29 is 0 Å². The Hall–Kier alpha value is -0.860. The van der Waals surface area contributed by atoms with Crippen molar-refractivity contribution in [2.75, 3.05) is 19.6 Å². The van der Waals surface area contributed by atoms with Gasteiger partial charge in [-0.15, -0.1) is 0 Å². The van der Waals surface area contributed by atoms with E-state index < -0.39 is 0 Å². The quantitative estimate of drug-likeness (QED) is 0.894. The fraction of sp³-hybridized carbons (Fsp3) is 0.647. The Kier molecular flexibility index (Phi) is 3.90. The first-order chi connectivity index (χ1) is 9.34. The predicted molar refractivity (Wildman–Crippen MR) is 80.2 cm³/mol. The summed E-state index contributed by atoms with van der Waals surface area (Å²) in [5, 5.41) is 3.73. The van der Waals surface area contributed by atoms with Gasteiger partial charge in [-0.1, -0.05) is 37.3 Å². The average molecular weight is 258 g/mol. The summed E-state index contributed by atoms with van der Waals surface area (Å²) in [5.41, 5.74) is 1.97. The molecule has 0 radical (unpaired) electrons. The van der Waals surface area contributed by atoms with E-state index in [-0.39, 0.29) is 0 Å². The van der Waals surface area contributed by atoms with Gasteiger partial charge in [0.25, 0.3) is 0 Å². The Morgan fingerprint density at radius 1 is 1.21 bits per heavy atom. The lowest BCUT2D eigenvalue weighted by Gasteiger charge is -2.50. The molecule has 2 heteroatoms. The van der Waals surface area contributed by atoms with E-state index in [1.54, 1.807) is 0 Å². The van der Waals surface area contributed by atoms with Crippen LogP contribution in [0.4, 0.5) is 0 Å². The van der Waals surface area contributed by atoms with Gasteiger partial charge in [0.05, 0.1) is 0 Å². The minimum atomic E-state index is 0.507. The highest BCUT2D eigenvalue weighted by Gasteiger charge is 2.41. The van der Waals surface area contributed by atoms with E-state index in [0.717, 1.165) is 6.54 Å². The van der Waals surface area contributed by atoms with Gasteiger partial charge in [-0.3, -0.25) is 4.90 Å². The second-order valence-electron chi connectivity index (χ2n) is 6.15. The van der Waals surface area contributed by atoms with Gasteiger partial charge >= 0.3 is 0 Å². The number of hydrogen-bond donors (Lipinski definition) is 1. The zero-order chi connectivity index (χ0) is 13.1. The molecule has 1 unspecified atom stereocenters. The molecular weight excluding hydrogens is 232 g/mol. The van der Waals surface area contributed by atoms with Gasteiger partial charge in [0, 0.05) is 18.1 Å². The number of rotatable bonds is 3. The molecule has 1 saturated heterocycles. The lowest BCUT2D eigenvalue weighted by atomic mass is 9.73. The molecule has 2 fully saturated rings. The molecular formula is C17H26N2. The van der Waals surface area contributed by atoms with Crippen LogP contribution in [0.5, 0.6) is 0 Å². The topological polar surface area (TPSA) is 15.3 Å². The van der Waals surface area contributed by atoms with Gasteiger partial charge in [-0.2, -0.15) is 0 Å². The van der Waals surface area contributed by atoms with E-state index in [1.165, 1.54) is 50.8 Å². The van der Waals surface area contributed by atoms with Crippen molar-refractivity contribution >= 4 is 0 Å². The zero-order valence-corrected chi connectivity index (χ0v) is 12.1. The Morgan fingerprint density at radius 2 is 2.00 bits per heavy atom. The van der Waals surface area contributed by atoms with E-state index >= 15 is 0 Å². The number of nitrogens with one attached hydrogen (secondary N) is 1. The normalized spacial score (nSPS) is 27.5. The predicted octanol–water partition coefficient (Wildman–Crippen LogP) is 3.36. The Labute approximate surface area is 117 Å². The molecule has 1 N–H and O–H groups in total. The first-order valence-electron chi connectivity index (χ1n) is 7.87. The molecule has 1 aromatic rings. The molecule has 0 aromatic heterocycles. The Balaban J connectivity index is 1.76. The molecule has 1 aliphatic carbocycles. The summed E-state index contributed by atoms with van der Waals surface area (Å²) in [5.74, 6) is 0. The third kappa shape index (κ3) is 2.56. The van der Waals surface area contributed by atoms with E-state index in [0.29, 0.717) is 11.6 Å². The first kappa shape index (κ1) is 13.1. The van der Waals surface area contributed by atoms with Crippen LogP contribution in [0.2, 0.25) is 0 Å². The SMILES string of the molecule is CCC1(N2CCCNC(c3ccccc3)C2)CCC1. The van der Waals surface area contributed by atoms with Gasteiger partial charge < -0.3 is 5.32 Å². The molecule has 1 atom stereocenters. The first-order valence-corrected chi connectivity index (χ1v) is 7.87. The molecule has 0 amide bonds. The summed E-state index contributed by atoms with van der Waals surface area (Å²) in [6.45, 7) is 5.97. The zero-order valence-electron chi connectivity index (χ0n) is 12.1. The second kappa shape index (κ2) is 5.64. The molecule has 0 spiro atoms. The summed E-state index contributed by atoms with van der Waals surface area (Å²) in [6.07, 6.45) is 6.84. The van der Waals surface area contributed by atoms with Crippen LogP contribution in [0.3, 0.4) is 0 Å². The molecule has 2 aliphatic rings. The van der Waals surface area contributed by atoms with Gasteiger partial charge in [-0.05, 0) is 50.8 Å². The number of benzene rings is 1. The van der Waals surface area contributed by atoms with Gasteiger partial charge in [0.15, 0.2) is 0 Å². The lowest BCUT2D eigenvalue weighted by Crippen LogP contribution is -2.54. The van der Waals surface area contributed by atoms with Crippen molar-refractivity contribution in [1.82, 2.24) is 10.2 Å². The van der Waals surface area contributed by atoms with E-state index in [4.69, 9.17) is 0 Å². The fourth-order valence-electron chi connectivity index (χ4n) is 3.74. The van der Waals surface area contributed by atoms with E-state index in [1.807, 2.05) is 0 Å². The Bertz CT molecular complexity index is 391. The second-order valence-corrected chi connectivity index (χ2v) is 6.15. The van der Waals surface area contributed by atoms with Crippen molar-refractivity contribution in [2.24, 2.45) is 0 Å². The molecule has 1 saturated carbocycles. The molecule has 1 aliphatic heterocycles. The molecule has 104 valence electrons. The third-order valence-electron chi connectivity index (χ3n) is 5.21. The van der Waals surface area contributed by atoms with Crippen LogP contribution in [-0.4, -0.2) is 30.1 Å². The number of hydrogen-bond acceptors (Lipinski definition) is 2. The van der Waals surface area contributed by atoms with Crippen molar-refractivity contribution in [2.45, 2.75) is 50.6 Å². The maximum Gasteiger partial charge on any atom is 0.0449 e. The van der Waals surface area contributed by atoms with Crippen molar-refractivity contribution in [3.63, 3.8) is 0 Å². The molecule has 3 rings (SSSR count). The average Bonchev–Trinajstić information content (AvgIpc) is 2.66. The van der Waals surface area contributed by atoms with Gasteiger partial charge in [0.1, 0.15) is 0 Å². The summed E-state index contributed by atoms with van der Waals surface area (Å²) in [6, 6.07) is 11.5. The van der Waals surface area contributed by atoms with Crippen LogP contribution in [0, 0.1) is 0 Å². The van der Waals surface area contributed by atoms with Crippen LogP contribution >= 0.6 is 0 Å². The summed E-state index contributed by atoms with van der Waals surface area (Å²) >= 11 is 0. The minimum Gasteiger partial charge on any atom is -0.309 e. The lowest BCUT2D eigenvalue weighted by molar-refractivity contribution is 0.0111. The van der Waals surface area contributed by atoms with E-state index in [2.05, 4.69) is 47.5 Å². The monoisotopic (exact) mass is 258 g/mol.